The number of carboxylic acids is 1. The van der Waals surface area contributed by atoms with Crippen LogP contribution in [0.3, 0.4) is 0 Å². The maximum Gasteiger partial charge on any atom is 0.326 e. The number of carbonyl (C=O) groups is 3. The molecule has 0 rings (SSSR count). The molecule has 0 aromatic carbocycles. The van der Waals surface area contributed by atoms with Gasteiger partial charge in [-0.15, -0.1) is 0 Å². The summed E-state index contributed by atoms with van der Waals surface area (Å²) in [5.41, 5.74) is 5.43. The van der Waals surface area contributed by atoms with Gasteiger partial charge in [0.05, 0.1) is 0 Å². The van der Waals surface area contributed by atoms with Crippen LogP contribution in [-0.4, -0.2) is 41.6 Å². The minimum Gasteiger partial charge on any atom is -0.480 e. The van der Waals surface area contributed by atoms with Crippen LogP contribution in [0, 0.1) is 0 Å². The van der Waals surface area contributed by atoms with Gasteiger partial charge in [0.2, 0.25) is 5.91 Å². The molecule has 212 valence electrons. The molecule has 0 aliphatic heterocycles. The highest BCUT2D eigenvalue weighted by atomic mass is 16.5. The van der Waals surface area contributed by atoms with Crippen LogP contribution in [0.2, 0.25) is 0 Å². The van der Waals surface area contributed by atoms with Gasteiger partial charge in [-0.1, -0.05) is 90.9 Å². The Hall–Kier alpha value is -1.63. The summed E-state index contributed by atoms with van der Waals surface area (Å²) in [6.07, 6.45) is 20.7. The van der Waals surface area contributed by atoms with Crippen molar-refractivity contribution in [2.45, 2.75) is 161 Å². The fourth-order valence-electron chi connectivity index (χ4n) is 4.44. The zero-order valence-corrected chi connectivity index (χ0v) is 23.4. The van der Waals surface area contributed by atoms with Crippen LogP contribution in [0.4, 0.5) is 0 Å². The van der Waals surface area contributed by atoms with Gasteiger partial charge in [0, 0.05) is 12.8 Å². The van der Waals surface area contributed by atoms with Crippen LogP contribution < -0.4 is 11.1 Å². The van der Waals surface area contributed by atoms with E-state index in [9.17, 15) is 19.5 Å². The van der Waals surface area contributed by atoms with E-state index in [1.54, 1.807) is 0 Å². The number of nitrogens with two attached hydrogens (primary N) is 1. The monoisotopic (exact) mass is 512 g/mol. The smallest absolute Gasteiger partial charge is 0.326 e. The van der Waals surface area contributed by atoms with Crippen LogP contribution >= 0.6 is 0 Å². The summed E-state index contributed by atoms with van der Waals surface area (Å²) in [6, 6.07) is -0.866. The maximum atomic E-state index is 12.3. The van der Waals surface area contributed by atoms with E-state index < -0.39 is 12.0 Å². The Labute approximate surface area is 220 Å². The number of hydrogen-bond donors (Lipinski definition) is 3. The molecule has 2 atom stereocenters. The first-order valence-corrected chi connectivity index (χ1v) is 14.9. The van der Waals surface area contributed by atoms with E-state index in [-0.39, 0.29) is 18.0 Å². The number of hydrogen-bond acceptors (Lipinski definition) is 5. The van der Waals surface area contributed by atoms with Crippen molar-refractivity contribution >= 4 is 17.8 Å². The molecule has 0 aliphatic carbocycles. The SMILES string of the molecule is CCCCCCCCCCCCCC(=O)OC(CCC)CCCCCC(=O)NC(CCCN)C(=O)O. The molecule has 0 aromatic rings. The van der Waals surface area contributed by atoms with Crippen molar-refractivity contribution in [3.8, 4) is 0 Å². The van der Waals surface area contributed by atoms with Crippen molar-refractivity contribution in [3.05, 3.63) is 0 Å². The van der Waals surface area contributed by atoms with Crippen LogP contribution in [0.25, 0.3) is 0 Å². The second-order valence-electron chi connectivity index (χ2n) is 10.2. The second kappa shape index (κ2) is 25.0. The zero-order chi connectivity index (χ0) is 26.9. The number of aliphatic carboxylic acids is 1. The van der Waals surface area contributed by atoms with E-state index in [1.807, 2.05) is 0 Å². The number of carbonyl (C=O) groups excluding carboxylic acids is 2. The van der Waals surface area contributed by atoms with Crippen molar-refractivity contribution in [1.29, 1.82) is 0 Å². The van der Waals surface area contributed by atoms with Crippen molar-refractivity contribution in [3.63, 3.8) is 0 Å². The Bertz CT molecular complexity index is 556. The van der Waals surface area contributed by atoms with Gasteiger partial charge < -0.3 is 20.9 Å². The van der Waals surface area contributed by atoms with Gasteiger partial charge in [0.1, 0.15) is 12.1 Å². The molecule has 36 heavy (non-hydrogen) atoms. The fraction of sp³-hybridized carbons (Fsp3) is 0.897. The largest absolute Gasteiger partial charge is 0.480 e. The number of esters is 1. The Morgan fingerprint density at radius 3 is 1.81 bits per heavy atom. The van der Waals surface area contributed by atoms with E-state index in [0.717, 1.165) is 44.9 Å². The van der Waals surface area contributed by atoms with Crippen molar-refractivity contribution in [2.24, 2.45) is 5.73 Å². The lowest BCUT2D eigenvalue weighted by Gasteiger charge is -2.17. The lowest BCUT2D eigenvalue weighted by atomic mass is 10.0. The van der Waals surface area contributed by atoms with E-state index >= 15 is 0 Å². The van der Waals surface area contributed by atoms with Crippen LogP contribution in [0.5, 0.6) is 0 Å². The summed E-state index contributed by atoms with van der Waals surface area (Å²) >= 11 is 0. The molecule has 4 N–H and O–H groups in total. The van der Waals surface area contributed by atoms with Crippen LogP contribution in [-0.2, 0) is 19.1 Å². The minimum absolute atomic E-state index is 0.0447. The lowest BCUT2D eigenvalue weighted by Crippen LogP contribution is -2.40. The predicted molar refractivity (Wildman–Crippen MR) is 147 cm³/mol. The Balaban J connectivity index is 3.88. The summed E-state index contributed by atoms with van der Waals surface area (Å²) < 4.78 is 5.73. The molecule has 7 heteroatoms. The quantitative estimate of drug-likeness (QED) is 0.0881. The number of amides is 1. The van der Waals surface area contributed by atoms with Crippen molar-refractivity contribution < 1.29 is 24.2 Å². The molecular weight excluding hydrogens is 456 g/mol. The van der Waals surface area contributed by atoms with E-state index in [4.69, 9.17) is 10.5 Å². The first-order valence-electron chi connectivity index (χ1n) is 14.9. The van der Waals surface area contributed by atoms with Crippen molar-refractivity contribution in [1.82, 2.24) is 5.32 Å². The molecule has 1 amide bonds. The standard InChI is InChI=1S/C29H56N2O5/c1-3-5-6-7-8-9-10-11-12-13-17-23-28(33)36-25(19-4-2)20-15-14-16-22-27(32)31-26(29(34)35)21-18-24-30/h25-26H,3-24,30H2,1-2H3,(H,31,32)(H,34,35). The Morgan fingerprint density at radius 2 is 1.25 bits per heavy atom. The van der Waals surface area contributed by atoms with E-state index in [2.05, 4.69) is 19.2 Å². The first-order chi connectivity index (χ1) is 17.4. The van der Waals surface area contributed by atoms with Gasteiger partial charge in [0.15, 0.2) is 0 Å². The Kier molecular flexibility index (Phi) is 23.9. The molecule has 0 fully saturated rings. The average Bonchev–Trinajstić information content (AvgIpc) is 2.84. The van der Waals surface area contributed by atoms with Gasteiger partial charge >= 0.3 is 11.9 Å². The van der Waals surface area contributed by atoms with Crippen LogP contribution in [0.15, 0.2) is 0 Å². The predicted octanol–water partition coefficient (Wildman–Crippen LogP) is 6.66. The summed E-state index contributed by atoms with van der Waals surface area (Å²) in [7, 11) is 0. The molecule has 0 aliphatic rings. The molecular formula is C29H56N2O5. The topological polar surface area (TPSA) is 119 Å². The second-order valence-corrected chi connectivity index (χ2v) is 10.2. The third-order valence-corrected chi connectivity index (χ3v) is 6.65. The zero-order valence-electron chi connectivity index (χ0n) is 23.4. The van der Waals surface area contributed by atoms with Gasteiger partial charge in [0.25, 0.3) is 0 Å². The highest BCUT2D eigenvalue weighted by molar-refractivity contribution is 5.83. The number of nitrogens with one attached hydrogen (secondary N) is 1. The maximum absolute atomic E-state index is 12.3. The summed E-state index contributed by atoms with van der Waals surface area (Å²) in [5, 5.41) is 11.8. The number of rotatable bonds is 26. The first kappa shape index (κ1) is 34.4. The summed E-state index contributed by atoms with van der Waals surface area (Å²) in [4.78, 5) is 35.5. The normalized spacial score (nSPS) is 12.8. The number of ether oxygens (including phenoxy) is 1. The minimum atomic E-state index is -1.02. The molecule has 7 nitrogen and oxygen atoms in total. The third kappa shape index (κ3) is 21.6. The molecule has 0 radical (unpaired) electrons. The molecule has 0 spiro atoms. The van der Waals surface area contributed by atoms with E-state index in [0.29, 0.717) is 38.6 Å². The van der Waals surface area contributed by atoms with Crippen molar-refractivity contribution in [2.75, 3.05) is 6.54 Å². The van der Waals surface area contributed by atoms with Crippen LogP contribution in [0.1, 0.15) is 149 Å². The third-order valence-electron chi connectivity index (χ3n) is 6.65. The summed E-state index contributed by atoms with van der Waals surface area (Å²) in [5.74, 6) is -1.34. The van der Waals surface area contributed by atoms with Gasteiger partial charge in [-0.2, -0.15) is 0 Å². The highest BCUT2D eigenvalue weighted by Gasteiger charge is 2.19. The molecule has 0 heterocycles. The number of unbranched alkanes of at least 4 members (excludes halogenated alkanes) is 12. The molecule has 0 saturated heterocycles. The van der Waals surface area contributed by atoms with Gasteiger partial charge in [-0.3, -0.25) is 9.59 Å². The molecule has 2 unspecified atom stereocenters. The number of carboxylic acid groups (broad SMARTS) is 1. The lowest BCUT2D eigenvalue weighted by molar-refractivity contribution is -0.150. The Morgan fingerprint density at radius 1 is 0.694 bits per heavy atom. The highest BCUT2D eigenvalue weighted by Crippen LogP contribution is 2.16. The van der Waals surface area contributed by atoms with E-state index in [1.165, 1.54) is 57.8 Å². The average molecular weight is 513 g/mol. The van der Waals surface area contributed by atoms with Gasteiger partial charge in [-0.05, 0) is 51.5 Å². The van der Waals surface area contributed by atoms with Gasteiger partial charge in [-0.25, -0.2) is 4.79 Å². The fourth-order valence-corrected chi connectivity index (χ4v) is 4.44. The summed E-state index contributed by atoms with van der Waals surface area (Å²) in [6.45, 7) is 4.75. The molecule has 0 bridgehead atoms. The molecule has 0 aromatic heterocycles. The molecule has 0 saturated carbocycles.